The van der Waals surface area contributed by atoms with E-state index in [2.05, 4.69) is 47.0 Å². The molecule has 0 saturated heterocycles. The van der Waals surface area contributed by atoms with Gasteiger partial charge in [0.2, 0.25) is 6.41 Å². The van der Waals surface area contributed by atoms with Crippen LogP contribution >= 0.6 is 15.9 Å². The summed E-state index contributed by atoms with van der Waals surface area (Å²) in [5, 5.41) is 3.60. The van der Waals surface area contributed by atoms with Crippen LogP contribution in [0.5, 0.6) is 0 Å². The molecule has 0 unspecified atom stereocenters. The van der Waals surface area contributed by atoms with Crippen LogP contribution in [-0.2, 0) is 4.79 Å². The van der Waals surface area contributed by atoms with Gasteiger partial charge in [-0.25, -0.2) is 4.39 Å². The van der Waals surface area contributed by atoms with Crippen molar-refractivity contribution >= 4 is 33.2 Å². The molecular formula is C20H34BrFN2O. The summed E-state index contributed by atoms with van der Waals surface area (Å²) in [4.78, 5) is 12.6. The van der Waals surface area contributed by atoms with Gasteiger partial charge in [0.1, 0.15) is 5.82 Å². The first-order valence-electron chi connectivity index (χ1n) is 8.73. The molecule has 2 N–H and O–H groups in total. The lowest BCUT2D eigenvalue weighted by Gasteiger charge is -1.96. The summed E-state index contributed by atoms with van der Waals surface area (Å²) < 4.78 is 13.6. The van der Waals surface area contributed by atoms with Crippen molar-refractivity contribution in [2.24, 2.45) is 5.92 Å². The molecule has 0 spiro atoms. The zero-order chi connectivity index (χ0) is 20.2. The van der Waals surface area contributed by atoms with Crippen molar-refractivity contribution in [1.82, 2.24) is 10.3 Å². The largest absolute Gasteiger partial charge is 0.358 e. The van der Waals surface area contributed by atoms with Gasteiger partial charge in [-0.05, 0) is 67.2 Å². The van der Waals surface area contributed by atoms with Gasteiger partial charge in [0.05, 0.1) is 4.47 Å². The van der Waals surface area contributed by atoms with Crippen molar-refractivity contribution in [2.45, 2.75) is 68.4 Å². The van der Waals surface area contributed by atoms with E-state index in [1.54, 1.807) is 0 Å². The van der Waals surface area contributed by atoms with Gasteiger partial charge in [-0.2, -0.15) is 0 Å². The first kappa shape index (κ1) is 25.9. The fourth-order valence-electron chi connectivity index (χ4n) is 1.59. The minimum absolute atomic E-state index is 0.228. The number of halogens is 2. The summed E-state index contributed by atoms with van der Waals surface area (Å²) in [5.74, 6) is 0.605. The smallest absolute Gasteiger partial charge is 0.207 e. The van der Waals surface area contributed by atoms with Gasteiger partial charge < -0.3 is 10.3 Å². The number of carbonyl (C=O) groups is 1. The quantitative estimate of drug-likeness (QED) is 0.537. The second kappa shape index (κ2) is 13.9. The molecule has 2 rings (SSSR count). The third-order valence-electron chi connectivity index (χ3n) is 2.75. The summed E-state index contributed by atoms with van der Waals surface area (Å²) in [6, 6.07) is 3.60. The van der Waals surface area contributed by atoms with Crippen molar-refractivity contribution in [3.63, 3.8) is 0 Å². The summed E-state index contributed by atoms with van der Waals surface area (Å²) >= 11 is 3.17. The molecule has 0 aliphatic carbocycles. The molecule has 1 amide bonds. The molecule has 3 nitrogen and oxygen atoms in total. The van der Waals surface area contributed by atoms with Crippen molar-refractivity contribution in [1.29, 1.82) is 0 Å². The van der Waals surface area contributed by atoms with Gasteiger partial charge >= 0.3 is 0 Å². The number of aromatic amines is 1. The molecule has 0 fully saturated rings. The molecule has 5 heteroatoms. The van der Waals surface area contributed by atoms with Crippen LogP contribution in [0.4, 0.5) is 4.39 Å². The minimum Gasteiger partial charge on any atom is -0.358 e. The average molecular weight is 417 g/mol. The predicted octanol–water partition coefficient (Wildman–Crippen LogP) is 6.52. The first-order valence-corrected chi connectivity index (χ1v) is 9.53. The van der Waals surface area contributed by atoms with Crippen molar-refractivity contribution in [2.75, 3.05) is 0 Å². The third kappa shape index (κ3) is 11.0. The molecule has 2 aromatic rings. The number of hydrogen-bond acceptors (Lipinski definition) is 1. The Morgan fingerprint density at radius 3 is 1.96 bits per heavy atom. The fraction of sp³-hybridized carbons (Fsp3) is 0.550. The molecule has 0 saturated carbocycles. The van der Waals surface area contributed by atoms with E-state index < -0.39 is 0 Å². The molecule has 0 aliphatic rings. The summed E-state index contributed by atoms with van der Waals surface area (Å²) in [6.07, 6.45) is 0.699. The molecule has 0 aliphatic heterocycles. The molecule has 0 radical (unpaired) electrons. The van der Waals surface area contributed by atoms with Gasteiger partial charge in [0.15, 0.2) is 0 Å². The minimum atomic E-state index is -0.228. The highest BCUT2D eigenvalue weighted by Gasteiger charge is 2.07. The van der Waals surface area contributed by atoms with Crippen LogP contribution in [-0.4, -0.2) is 17.4 Å². The second-order valence-corrected chi connectivity index (χ2v) is 7.21. The Morgan fingerprint density at radius 1 is 1.12 bits per heavy atom. The van der Waals surface area contributed by atoms with E-state index in [1.165, 1.54) is 11.6 Å². The standard InChI is InChI=1S/C10H9BrFN.C4H9NO.C4H10.C2H6/c1-5-6(2)13-10-4-9(12)8(11)3-7(5)10;1-4(2)5-3-6;1-4(2)3;1-2/h3-4,13H,1-2H3;3-4H,1-2H3,(H,5,6);4H,1-3H3;1-2H3. The Labute approximate surface area is 160 Å². The number of amides is 1. The Balaban J connectivity index is 0. The first-order chi connectivity index (χ1) is 11.6. The molecule has 25 heavy (non-hydrogen) atoms. The molecule has 144 valence electrons. The van der Waals surface area contributed by atoms with Crippen LogP contribution in [0.2, 0.25) is 0 Å². The van der Waals surface area contributed by atoms with E-state index >= 15 is 0 Å². The zero-order valence-corrected chi connectivity index (χ0v) is 18.6. The van der Waals surface area contributed by atoms with Crippen LogP contribution in [0.1, 0.15) is 59.7 Å². The van der Waals surface area contributed by atoms with E-state index in [1.807, 2.05) is 47.6 Å². The maximum atomic E-state index is 13.1. The number of H-pyrrole nitrogens is 1. The topological polar surface area (TPSA) is 44.9 Å². The number of aryl methyl sites for hydroxylation is 2. The van der Waals surface area contributed by atoms with E-state index in [-0.39, 0.29) is 11.9 Å². The van der Waals surface area contributed by atoms with Crippen molar-refractivity contribution in [3.8, 4) is 0 Å². The molecule has 1 heterocycles. The van der Waals surface area contributed by atoms with Crippen molar-refractivity contribution < 1.29 is 9.18 Å². The Hall–Kier alpha value is -1.36. The number of fused-ring (bicyclic) bond motifs is 1. The highest BCUT2D eigenvalue weighted by molar-refractivity contribution is 9.10. The summed E-state index contributed by atoms with van der Waals surface area (Å²) in [5.41, 5.74) is 3.12. The molecule has 0 atom stereocenters. The molecular weight excluding hydrogens is 383 g/mol. The van der Waals surface area contributed by atoms with Crippen LogP contribution < -0.4 is 5.32 Å². The Bertz CT molecular complexity index is 619. The Kier molecular flexibility index (Phi) is 14.4. The second-order valence-electron chi connectivity index (χ2n) is 6.36. The number of carbonyl (C=O) groups excluding carboxylic acids is 1. The number of aromatic nitrogens is 1. The van der Waals surface area contributed by atoms with Crippen LogP contribution in [0.15, 0.2) is 16.6 Å². The fourth-order valence-corrected chi connectivity index (χ4v) is 1.94. The lowest BCUT2D eigenvalue weighted by Crippen LogP contribution is -2.19. The van der Waals surface area contributed by atoms with Crippen molar-refractivity contribution in [3.05, 3.63) is 33.7 Å². The molecule has 1 aromatic carbocycles. The van der Waals surface area contributed by atoms with E-state index in [0.29, 0.717) is 10.9 Å². The number of hydrogen-bond donors (Lipinski definition) is 2. The van der Waals surface area contributed by atoms with Crippen LogP contribution in [0.3, 0.4) is 0 Å². The number of rotatable bonds is 2. The maximum Gasteiger partial charge on any atom is 0.207 e. The number of nitrogens with one attached hydrogen (secondary N) is 2. The van der Waals surface area contributed by atoms with Crippen LogP contribution in [0, 0.1) is 25.6 Å². The highest BCUT2D eigenvalue weighted by atomic mass is 79.9. The lowest BCUT2D eigenvalue weighted by atomic mass is 10.1. The predicted molar refractivity (Wildman–Crippen MR) is 112 cm³/mol. The normalized spacial score (nSPS) is 9.48. The summed E-state index contributed by atoms with van der Waals surface area (Å²) in [6.45, 7) is 18.3. The highest BCUT2D eigenvalue weighted by Crippen LogP contribution is 2.26. The van der Waals surface area contributed by atoms with Gasteiger partial charge in [-0.15, -0.1) is 0 Å². The molecule has 1 aromatic heterocycles. The van der Waals surface area contributed by atoms with Gasteiger partial charge in [-0.3, -0.25) is 4.79 Å². The number of benzene rings is 1. The third-order valence-corrected chi connectivity index (χ3v) is 3.36. The Morgan fingerprint density at radius 2 is 1.60 bits per heavy atom. The van der Waals surface area contributed by atoms with Gasteiger partial charge in [0.25, 0.3) is 0 Å². The van der Waals surface area contributed by atoms with Gasteiger partial charge in [0, 0.05) is 22.6 Å². The summed E-state index contributed by atoms with van der Waals surface area (Å²) in [7, 11) is 0. The maximum absolute atomic E-state index is 13.1. The SMILES string of the molecule is CC.CC(C)C.CC(C)NC=O.Cc1[nH]c2cc(F)c(Br)cc2c1C. The van der Waals surface area contributed by atoms with Crippen LogP contribution in [0.25, 0.3) is 10.9 Å². The molecule has 0 bridgehead atoms. The zero-order valence-electron chi connectivity index (χ0n) is 17.1. The van der Waals surface area contributed by atoms with Gasteiger partial charge in [-0.1, -0.05) is 34.6 Å². The van der Waals surface area contributed by atoms with E-state index in [0.717, 1.165) is 22.5 Å². The van der Waals surface area contributed by atoms with E-state index in [4.69, 9.17) is 0 Å². The average Bonchev–Trinajstić information content (AvgIpc) is 2.77. The lowest BCUT2D eigenvalue weighted by molar-refractivity contribution is -0.109. The monoisotopic (exact) mass is 416 g/mol. The van der Waals surface area contributed by atoms with E-state index in [9.17, 15) is 9.18 Å².